The van der Waals surface area contributed by atoms with Gasteiger partial charge in [0.2, 0.25) is 0 Å². The van der Waals surface area contributed by atoms with Crippen LogP contribution in [0.25, 0.3) is 0 Å². The zero-order valence-electron chi connectivity index (χ0n) is 8.32. The Morgan fingerprint density at radius 1 is 0.636 bits per heavy atom. The third kappa shape index (κ3) is 1580. The molecular formula is C8H18O2Sn. The molecule has 66 valence electrons. The largest absolute Gasteiger partial charge is 2.00 e. The molecule has 0 fully saturated rings. The Labute approximate surface area is 87.0 Å². The molecule has 0 heterocycles. The Morgan fingerprint density at radius 3 is 0.636 bits per heavy atom. The SMILES string of the molecule is CC(C)(C)[O-].CC(C)(C)[O-].[Sn+2]. The minimum Gasteiger partial charge on any atom is -0.850 e. The van der Waals surface area contributed by atoms with Gasteiger partial charge in [0, 0.05) is 0 Å². The maximum absolute atomic E-state index is 10.1. The van der Waals surface area contributed by atoms with E-state index in [9.17, 15) is 10.2 Å². The van der Waals surface area contributed by atoms with Crippen molar-refractivity contribution in [2.75, 3.05) is 0 Å². The first-order valence-electron chi connectivity index (χ1n) is 3.41. The van der Waals surface area contributed by atoms with Crippen LogP contribution in [0.3, 0.4) is 0 Å². The molecule has 0 aromatic rings. The van der Waals surface area contributed by atoms with E-state index in [2.05, 4.69) is 0 Å². The number of hydrogen-bond acceptors (Lipinski definition) is 2. The van der Waals surface area contributed by atoms with Gasteiger partial charge < -0.3 is 10.2 Å². The summed E-state index contributed by atoms with van der Waals surface area (Å²) < 4.78 is 0. The van der Waals surface area contributed by atoms with Crippen LogP contribution < -0.4 is 10.2 Å². The first-order chi connectivity index (χ1) is 4.00. The average molecular weight is 265 g/mol. The second kappa shape index (κ2) is 6.26. The molecule has 11 heavy (non-hydrogen) atoms. The smallest absolute Gasteiger partial charge is 0.850 e. The Hall–Kier alpha value is 0.719. The summed E-state index contributed by atoms with van der Waals surface area (Å²) in [6.45, 7) is 9.79. The first-order valence-corrected chi connectivity index (χ1v) is 3.41. The summed E-state index contributed by atoms with van der Waals surface area (Å²) in [6.07, 6.45) is 0. The summed E-state index contributed by atoms with van der Waals surface area (Å²) in [5, 5.41) is 20.2. The van der Waals surface area contributed by atoms with E-state index in [0.717, 1.165) is 0 Å². The Morgan fingerprint density at radius 2 is 0.636 bits per heavy atom. The van der Waals surface area contributed by atoms with E-state index < -0.39 is 11.2 Å². The van der Waals surface area contributed by atoms with Gasteiger partial charge in [-0.3, -0.25) is 0 Å². The summed E-state index contributed by atoms with van der Waals surface area (Å²) in [7, 11) is 0. The second-order valence-electron chi connectivity index (χ2n) is 4.22. The fraction of sp³-hybridized carbons (Fsp3) is 1.00. The molecule has 0 saturated carbocycles. The number of rotatable bonds is 0. The quantitative estimate of drug-likeness (QED) is 0.574. The van der Waals surface area contributed by atoms with E-state index in [1.54, 1.807) is 41.5 Å². The fourth-order valence-corrected chi connectivity index (χ4v) is 0. The van der Waals surface area contributed by atoms with Gasteiger partial charge in [-0.1, -0.05) is 41.5 Å². The normalized spacial score (nSPS) is 10.9. The van der Waals surface area contributed by atoms with Gasteiger partial charge in [-0.2, -0.15) is 0 Å². The molecule has 0 amide bonds. The Balaban J connectivity index is -0.000000107. The van der Waals surface area contributed by atoms with E-state index in [4.69, 9.17) is 0 Å². The van der Waals surface area contributed by atoms with Gasteiger partial charge in [-0.15, -0.1) is 11.2 Å². The maximum Gasteiger partial charge on any atom is 2.00 e. The van der Waals surface area contributed by atoms with Crippen LogP contribution in [-0.2, 0) is 0 Å². The van der Waals surface area contributed by atoms with Crippen LogP contribution in [0.15, 0.2) is 0 Å². The van der Waals surface area contributed by atoms with Gasteiger partial charge in [-0.25, -0.2) is 0 Å². The predicted octanol–water partition coefficient (Wildman–Crippen LogP) is -0.0904. The molecule has 0 spiro atoms. The molecule has 0 aliphatic carbocycles. The van der Waals surface area contributed by atoms with E-state index in [1.165, 1.54) is 0 Å². The summed E-state index contributed by atoms with van der Waals surface area (Å²) in [5.74, 6) is 0. The third-order valence-electron chi connectivity index (χ3n) is 0. The molecule has 0 aromatic carbocycles. The average Bonchev–Trinajstić information content (AvgIpc) is 1.12. The van der Waals surface area contributed by atoms with Crippen molar-refractivity contribution in [3.63, 3.8) is 0 Å². The van der Waals surface area contributed by atoms with Crippen molar-refractivity contribution in [1.82, 2.24) is 0 Å². The van der Waals surface area contributed by atoms with Gasteiger partial charge in [0.25, 0.3) is 0 Å². The Kier molecular flexibility index (Phi) is 10.1. The van der Waals surface area contributed by atoms with Gasteiger partial charge >= 0.3 is 23.9 Å². The van der Waals surface area contributed by atoms with Crippen molar-refractivity contribution in [2.45, 2.75) is 52.7 Å². The maximum atomic E-state index is 10.1. The molecule has 0 aliphatic rings. The molecular weight excluding hydrogens is 247 g/mol. The molecule has 2 radical (unpaired) electrons. The van der Waals surface area contributed by atoms with E-state index in [0.29, 0.717) is 0 Å². The molecule has 0 saturated heterocycles. The molecule has 0 bridgehead atoms. The number of hydrogen-bond donors (Lipinski definition) is 0. The fourth-order valence-electron chi connectivity index (χ4n) is 0. The zero-order chi connectivity index (χ0) is 9.00. The minimum absolute atomic E-state index is 0. The van der Waals surface area contributed by atoms with E-state index >= 15 is 0 Å². The van der Waals surface area contributed by atoms with Crippen LogP contribution in [0.1, 0.15) is 41.5 Å². The van der Waals surface area contributed by atoms with Gasteiger partial charge in [0.1, 0.15) is 0 Å². The molecule has 0 atom stereocenters. The van der Waals surface area contributed by atoms with Crippen LogP contribution in [0.5, 0.6) is 0 Å². The summed E-state index contributed by atoms with van der Waals surface area (Å²) in [5.41, 5.74) is -1.50. The van der Waals surface area contributed by atoms with Crippen LogP contribution in [0.2, 0.25) is 0 Å². The standard InChI is InChI=1S/2C4H9O.Sn/c2*1-4(2,3)5;/h2*1-3H3;/q2*-1;+2. The van der Waals surface area contributed by atoms with Crippen LogP contribution in [-0.4, -0.2) is 35.1 Å². The second-order valence-corrected chi connectivity index (χ2v) is 4.22. The predicted molar refractivity (Wildman–Crippen MR) is 45.3 cm³/mol. The Bertz CT molecular complexity index is 55.1. The topological polar surface area (TPSA) is 46.1 Å². The van der Waals surface area contributed by atoms with Crippen molar-refractivity contribution < 1.29 is 10.2 Å². The molecule has 0 unspecified atom stereocenters. The van der Waals surface area contributed by atoms with Gasteiger partial charge in [-0.05, 0) is 0 Å². The van der Waals surface area contributed by atoms with Crippen molar-refractivity contribution in [3.8, 4) is 0 Å². The molecule has 2 nitrogen and oxygen atoms in total. The van der Waals surface area contributed by atoms with E-state index in [1.807, 2.05) is 0 Å². The van der Waals surface area contributed by atoms with Gasteiger partial charge in [0.05, 0.1) is 0 Å². The zero-order valence-corrected chi connectivity index (χ0v) is 11.2. The molecule has 0 aliphatic heterocycles. The summed E-state index contributed by atoms with van der Waals surface area (Å²) in [6, 6.07) is 0. The van der Waals surface area contributed by atoms with Crippen molar-refractivity contribution in [1.29, 1.82) is 0 Å². The third-order valence-corrected chi connectivity index (χ3v) is 0. The van der Waals surface area contributed by atoms with Crippen molar-refractivity contribution in [3.05, 3.63) is 0 Å². The monoisotopic (exact) mass is 266 g/mol. The molecule has 3 heteroatoms. The van der Waals surface area contributed by atoms with Crippen LogP contribution >= 0.6 is 0 Å². The van der Waals surface area contributed by atoms with E-state index in [-0.39, 0.29) is 23.9 Å². The summed E-state index contributed by atoms with van der Waals surface area (Å²) in [4.78, 5) is 0. The molecule has 0 N–H and O–H groups in total. The molecule has 0 aromatic heterocycles. The van der Waals surface area contributed by atoms with Crippen LogP contribution in [0.4, 0.5) is 0 Å². The van der Waals surface area contributed by atoms with Gasteiger partial charge in [0.15, 0.2) is 0 Å². The first kappa shape index (κ1) is 17.7. The van der Waals surface area contributed by atoms with Crippen molar-refractivity contribution in [2.24, 2.45) is 0 Å². The summed E-state index contributed by atoms with van der Waals surface area (Å²) >= 11 is 0. The molecule has 0 rings (SSSR count). The van der Waals surface area contributed by atoms with Crippen LogP contribution in [0, 0.1) is 0 Å². The minimum atomic E-state index is -0.750. The van der Waals surface area contributed by atoms with Crippen molar-refractivity contribution >= 4 is 23.9 Å².